The van der Waals surface area contributed by atoms with Gasteiger partial charge >= 0.3 is 5.97 Å². The molecule has 0 aromatic carbocycles. The third-order valence-corrected chi connectivity index (χ3v) is 5.00. The van der Waals surface area contributed by atoms with E-state index in [1.165, 1.54) is 0 Å². The molecule has 5 nitrogen and oxygen atoms in total. The van der Waals surface area contributed by atoms with Crippen LogP contribution in [0, 0.1) is 0 Å². The summed E-state index contributed by atoms with van der Waals surface area (Å²) in [5.41, 5.74) is 1.96. The highest BCUT2D eigenvalue weighted by Gasteiger charge is 2.38. The molecule has 128 valence electrons. The van der Waals surface area contributed by atoms with E-state index in [4.69, 9.17) is 0 Å². The largest absolute Gasteiger partial charge is 0.476 e. The Hall–Kier alpha value is -1.50. The van der Waals surface area contributed by atoms with Crippen molar-refractivity contribution in [2.45, 2.75) is 64.0 Å². The second kappa shape index (κ2) is 6.19. The number of carbonyl (C=O) groups is 1. The second-order valence-corrected chi connectivity index (χ2v) is 6.59. The number of halogens is 2. The fourth-order valence-corrected chi connectivity index (χ4v) is 3.77. The first-order valence-corrected chi connectivity index (χ1v) is 8.35. The van der Waals surface area contributed by atoms with Crippen LogP contribution in [0.1, 0.15) is 54.4 Å². The Morgan fingerprint density at radius 3 is 2.70 bits per heavy atom. The van der Waals surface area contributed by atoms with E-state index in [9.17, 15) is 18.7 Å². The quantitative estimate of drug-likeness (QED) is 0.923. The van der Waals surface area contributed by atoms with Crippen molar-refractivity contribution in [2.75, 3.05) is 13.1 Å². The molecule has 1 fully saturated rings. The van der Waals surface area contributed by atoms with Gasteiger partial charge in [0.15, 0.2) is 5.69 Å². The van der Waals surface area contributed by atoms with Crippen molar-refractivity contribution in [3.05, 3.63) is 17.0 Å². The molecule has 0 radical (unpaired) electrons. The van der Waals surface area contributed by atoms with Gasteiger partial charge in [-0.15, -0.1) is 0 Å². The van der Waals surface area contributed by atoms with Gasteiger partial charge in [-0.05, 0) is 25.7 Å². The summed E-state index contributed by atoms with van der Waals surface area (Å²) in [6.07, 6.45) is 2.96. The van der Waals surface area contributed by atoms with Crippen LogP contribution in [0.4, 0.5) is 8.78 Å². The minimum Gasteiger partial charge on any atom is -0.476 e. The molecule has 0 saturated carbocycles. The zero-order valence-corrected chi connectivity index (χ0v) is 13.4. The Balaban J connectivity index is 1.79. The summed E-state index contributed by atoms with van der Waals surface area (Å²) in [6, 6.07) is 0.149. The summed E-state index contributed by atoms with van der Waals surface area (Å²) in [4.78, 5) is 13.6. The lowest BCUT2D eigenvalue weighted by molar-refractivity contribution is -0.0639. The molecule has 2 heterocycles. The number of carboxylic acid groups (broad SMARTS) is 1. The number of alkyl halides is 2. The smallest absolute Gasteiger partial charge is 0.356 e. The maximum atomic E-state index is 13.3. The van der Waals surface area contributed by atoms with Crippen molar-refractivity contribution in [2.24, 2.45) is 0 Å². The highest BCUT2D eigenvalue weighted by atomic mass is 19.3. The van der Waals surface area contributed by atoms with Crippen LogP contribution >= 0.6 is 0 Å². The first-order chi connectivity index (χ1) is 10.9. The highest BCUT2D eigenvalue weighted by Crippen LogP contribution is 2.33. The van der Waals surface area contributed by atoms with Gasteiger partial charge in [-0.1, -0.05) is 6.92 Å². The highest BCUT2D eigenvalue weighted by molar-refractivity contribution is 5.87. The van der Waals surface area contributed by atoms with E-state index in [1.54, 1.807) is 0 Å². The second-order valence-electron chi connectivity index (χ2n) is 6.59. The summed E-state index contributed by atoms with van der Waals surface area (Å²) >= 11 is 0. The molecule has 7 heteroatoms. The fourth-order valence-electron chi connectivity index (χ4n) is 3.77. The molecule has 0 bridgehead atoms. The molecule has 1 saturated heterocycles. The lowest BCUT2D eigenvalue weighted by Crippen LogP contribution is -2.47. The lowest BCUT2D eigenvalue weighted by atomic mass is 9.89. The van der Waals surface area contributed by atoms with Gasteiger partial charge in [0.05, 0.1) is 0 Å². The van der Waals surface area contributed by atoms with Gasteiger partial charge in [-0.3, -0.25) is 9.58 Å². The van der Waals surface area contributed by atoms with Crippen molar-refractivity contribution in [3.8, 4) is 0 Å². The number of carboxylic acids is 1. The van der Waals surface area contributed by atoms with E-state index in [0.29, 0.717) is 19.5 Å². The topological polar surface area (TPSA) is 58.4 Å². The molecule has 2 aliphatic rings. The van der Waals surface area contributed by atoms with Crippen molar-refractivity contribution >= 4 is 5.97 Å². The Morgan fingerprint density at radius 2 is 2.09 bits per heavy atom. The van der Waals surface area contributed by atoms with Gasteiger partial charge < -0.3 is 5.11 Å². The summed E-state index contributed by atoms with van der Waals surface area (Å²) in [5.74, 6) is -3.55. The zero-order chi connectivity index (χ0) is 16.6. The van der Waals surface area contributed by atoms with Crippen LogP contribution in [0.25, 0.3) is 0 Å². The van der Waals surface area contributed by atoms with Crippen molar-refractivity contribution < 1.29 is 18.7 Å². The zero-order valence-electron chi connectivity index (χ0n) is 13.4. The predicted octanol–water partition coefficient (Wildman–Crippen LogP) is 2.58. The van der Waals surface area contributed by atoms with E-state index in [1.807, 2.05) is 11.6 Å². The molecule has 0 amide bonds. The van der Waals surface area contributed by atoms with E-state index in [-0.39, 0.29) is 24.6 Å². The minimum atomic E-state index is -2.55. The molecule has 0 unspecified atom stereocenters. The van der Waals surface area contributed by atoms with Crippen LogP contribution in [-0.4, -0.2) is 50.8 Å². The Morgan fingerprint density at radius 1 is 1.39 bits per heavy atom. The van der Waals surface area contributed by atoms with Gasteiger partial charge in [-0.25, -0.2) is 13.6 Å². The molecule has 1 aromatic heterocycles. The molecule has 1 aliphatic heterocycles. The van der Waals surface area contributed by atoms with Crippen molar-refractivity contribution in [1.82, 2.24) is 14.7 Å². The molecule has 1 aliphatic carbocycles. The number of aromatic carboxylic acids is 1. The molecule has 1 atom stereocenters. The number of nitrogens with zero attached hydrogens (tertiary/aromatic N) is 3. The summed E-state index contributed by atoms with van der Waals surface area (Å²) in [6.45, 7) is 3.53. The van der Waals surface area contributed by atoms with E-state index >= 15 is 0 Å². The number of hydrogen-bond donors (Lipinski definition) is 1. The van der Waals surface area contributed by atoms with E-state index in [2.05, 4.69) is 10.00 Å². The van der Waals surface area contributed by atoms with Crippen LogP contribution in [0.5, 0.6) is 0 Å². The number of piperidine rings is 1. The summed E-state index contributed by atoms with van der Waals surface area (Å²) < 4.78 is 28.5. The number of likely N-dealkylation sites (tertiary alicyclic amines) is 1. The maximum absolute atomic E-state index is 13.3. The van der Waals surface area contributed by atoms with Gasteiger partial charge in [0.1, 0.15) is 0 Å². The van der Waals surface area contributed by atoms with Crippen LogP contribution in [0.2, 0.25) is 0 Å². The normalized spacial score (nSPS) is 24.4. The summed E-state index contributed by atoms with van der Waals surface area (Å²) in [7, 11) is 0. The maximum Gasteiger partial charge on any atom is 0.356 e. The van der Waals surface area contributed by atoms with Crippen molar-refractivity contribution in [3.63, 3.8) is 0 Å². The molecular formula is C16H23F2N3O2. The van der Waals surface area contributed by atoms with Crippen molar-refractivity contribution in [1.29, 1.82) is 0 Å². The van der Waals surface area contributed by atoms with Crippen LogP contribution in [-0.2, 0) is 19.4 Å². The number of aryl methyl sites for hydroxylation is 1. The predicted molar refractivity (Wildman–Crippen MR) is 81.0 cm³/mol. The Labute approximate surface area is 134 Å². The molecule has 0 spiro atoms. The third-order valence-electron chi connectivity index (χ3n) is 5.00. The summed E-state index contributed by atoms with van der Waals surface area (Å²) in [5, 5.41) is 13.7. The number of aromatic nitrogens is 2. The van der Waals surface area contributed by atoms with Gasteiger partial charge in [0.2, 0.25) is 0 Å². The lowest BCUT2D eigenvalue weighted by Gasteiger charge is -2.39. The van der Waals surface area contributed by atoms with E-state index < -0.39 is 11.9 Å². The first kappa shape index (κ1) is 16.4. The Kier molecular flexibility index (Phi) is 4.40. The monoisotopic (exact) mass is 327 g/mol. The first-order valence-electron chi connectivity index (χ1n) is 8.35. The Bertz CT molecular complexity index is 590. The number of fused-ring (bicyclic) bond motifs is 1. The standard InChI is InChI=1S/C16H23F2N3O2/c1-2-7-21-13-4-3-11(10-12(13)14(19-21)15(22)23)20-8-5-16(17,18)6-9-20/h11H,2-10H2,1H3,(H,22,23)/t11-/m0/s1. The number of rotatable bonds is 4. The number of hydrogen-bond acceptors (Lipinski definition) is 3. The van der Waals surface area contributed by atoms with Crippen LogP contribution in [0.3, 0.4) is 0 Å². The molecular weight excluding hydrogens is 304 g/mol. The van der Waals surface area contributed by atoms with Gasteiger partial charge in [0, 0.05) is 49.8 Å². The molecule has 1 N–H and O–H groups in total. The third kappa shape index (κ3) is 3.24. The van der Waals surface area contributed by atoms with Crippen LogP contribution in [0.15, 0.2) is 0 Å². The van der Waals surface area contributed by atoms with Gasteiger partial charge in [0.25, 0.3) is 5.92 Å². The molecule has 23 heavy (non-hydrogen) atoms. The van der Waals surface area contributed by atoms with Gasteiger partial charge in [-0.2, -0.15) is 5.10 Å². The molecule has 1 aromatic rings. The van der Waals surface area contributed by atoms with Crippen LogP contribution < -0.4 is 0 Å². The van der Waals surface area contributed by atoms with E-state index in [0.717, 1.165) is 37.1 Å². The SMILES string of the molecule is CCCn1nc(C(=O)O)c2c1CC[C@H](N1CCC(F)(F)CC1)C2. The minimum absolute atomic E-state index is 0.1000. The fraction of sp³-hybridized carbons (Fsp3) is 0.750. The average molecular weight is 327 g/mol. The molecule has 3 rings (SSSR count). The average Bonchev–Trinajstić information content (AvgIpc) is 2.86.